The summed E-state index contributed by atoms with van der Waals surface area (Å²) in [6, 6.07) is 6.06. The molecule has 3 N–H and O–H groups in total. The van der Waals surface area contributed by atoms with Crippen LogP contribution in [-0.4, -0.2) is 44.2 Å². The minimum atomic E-state index is 0.148. The molecule has 1 aromatic carbocycles. The monoisotopic (exact) mass is 383 g/mol. The predicted octanol–water partition coefficient (Wildman–Crippen LogP) is 3.21. The van der Waals surface area contributed by atoms with Gasteiger partial charge in [0.25, 0.3) is 5.19 Å². The summed E-state index contributed by atoms with van der Waals surface area (Å²) in [5.41, 5.74) is 2.62. The molecule has 4 heterocycles. The Balaban J connectivity index is 1.36. The Morgan fingerprint density at radius 1 is 1.30 bits per heavy atom. The number of nitrogens with zero attached hydrogens (tertiary/aromatic N) is 3. The highest BCUT2D eigenvalue weighted by molar-refractivity contribution is 7.16. The molecule has 1 unspecified atom stereocenters. The number of nitrogens with one attached hydrogen (secondary N) is 2. The zero-order valence-electron chi connectivity index (χ0n) is 15.0. The summed E-state index contributed by atoms with van der Waals surface area (Å²) in [6.45, 7) is 3.27. The van der Waals surface area contributed by atoms with Gasteiger partial charge in [0.05, 0.1) is 11.8 Å². The molecule has 6 rings (SSSR count). The van der Waals surface area contributed by atoms with Crippen molar-refractivity contribution in [2.24, 2.45) is 5.41 Å². The maximum atomic E-state index is 10.5. The molecule has 1 saturated carbocycles. The van der Waals surface area contributed by atoms with Crippen LogP contribution in [0.1, 0.15) is 26.2 Å². The minimum Gasteiger partial charge on any atom is -0.507 e. The number of aromatic nitrogens is 4. The van der Waals surface area contributed by atoms with Gasteiger partial charge >= 0.3 is 0 Å². The lowest BCUT2D eigenvalue weighted by atomic mass is 9.68. The number of phenols is 1. The van der Waals surface area contributed by atoms with Gasteiger partial charge in [-0.15, -0.1) is 5.10 Å². The Bertz CT molecular complexity index is 947. The van der Waals surface area contributed by atoms with Crippen LogP contribution < -0.4 is 10.1 Å². The Morgan fingerprint density at radius 3 is 2.93 bits per heavy atom. The standard InChI is InChI=1S/C19H21N5O2S/c1-19-5-4-13(20-10-19)7-16(19)26-18-24-23-17(27-18)14-3-2-11(6-15(14)25)12-8-21-22-9-12/h2-3,6,8-9,13,16,20,25H,4-5,7,10H2,1H3,(H,21,22)/t13?,16-,19+/m1/s1. The predicted molar refractivity (Wildman–Crippen MR) is 103 cm³/mol. The fourth-order valence-electron chi connectivity index (χ4n) is 4.07. The number of rotatable bonds is 4. The number of ether oxygens (including phenoxy) is 1. The molecule has 140 valence electrons. The van der Waals surface area contributed by atoms with Crippen molar-refractivity contribution in [1.82, 2.24) is 25.7 Å². The molecule has 2 aromatic heterocycles. The van der Waals surface area contributed by atoms with Crippen LogP contribution in [-0.2, 0) is 0 Å². The summed E-state index contributed by atoms with van der Waals surface area (Å²) in [5, 5.41) is 30.4. The Morgan fingerprint density at radius 2 is 2.22 bits per heavy atom. The minimum absolute atomic E-state index is 0.148. The van der Waals surface area contributed by atoms with Crippen molar-refractivity contribution < 1.29 is 9.84 Å². The van der Waals surface area contributed by atoms with Gasteiger partial charge in [0.15, 0.2) is 5.01 Å². The number of fused-ring (bicyclic) bond motifs is 3. The fraction of sp³-hybridized carbons (Fsp3) is 0.421. The van der Waals surface area contributed by atoms with Gasteiger partial charge in [-0.1, -0.05) is 29.4 Å². The first-order chi connectivity index (χ1) is 13.1. The second kappa shape index (κ2) is 6.31. The zero-order valence-corrected chi connectivity index (χ0v) is 15.8. The van der Waals surface area contributed by atoms with E-state index in [1.807, 2.05) is 12.1 Å². The summed E-state index contributed by atoms with van der Waals surface area (Å²) in [7, 11) is 0. The molecule has 0 radical (unpaired) electrons. The van der Waals surface area contributed by atoms with Crippen molar-refractivity contribution in [3.05, 3.63) is 30.6 Å². The van der Waals surface area contributed by atoms with Crippen molar-refractivity contribution in [2.45, 2.75) is 38.3 Å². The summed E-state index contributed by atoms with van der Waals surface area (Å²) in [6.07, 6.45) is 7.08. The normalized spacial score (nSPS) is 27.0. The maximum absolute atomic E-state index is 10.5. The van der Waals surface area contributed by atoms with Gasteiger partial charge in [0.2, 0.25) is 0 Å². The van der Waals surface area contributed by atoms with Crippen LogP contribution in [0.2, 0.25) is 0 Å². The average molecular weight is 383 g/mol. The van der Waals surface area contributed by atoms with Crippen LogP contribution >= 0.6 is 11.3 Å². The molecule has 3 atom stereocenters. The second-order valence-electron chi connectivity index (χ2n) is 7.70. The Kier molecular flexibility index (Phi) is 3.91. The van der Waals surface area contributed by atoms with Crippen molar-refractivity contribution in [3.63, 3.8) is 0 Å². The molecule has 0 spiro atoms. The van der Waals surface area contributed by atoms with E-state index in [-0.39, 0.29) is 17.3 Å². The molecule has 0 amide bonds. The van der Waals surface area contributed by atoms with Crippen LogP contribution in [0.25, 0.3) is 21.7 Å². The van der Waals surface area contributed by atoms with Gasteiger partial charge < -0.3 is 15.2 Å². The Hall–Kier alpha value is -2.45. The molecule has 7 nitrogen and oxygen atoms in total. The van der Waals surface area contributed by atoms with E-state index in [4.69, 9.17) is 4.74 Å². The van der Waals surface area contributed by atoms with Crippen LogP contribution in [0.15, 0.2) is 30.6 Å². The van der Waals surface area contributed by atoms with E-state index in [1.54, 1.807) is 18.5 Å². The molecule has 8 heteroatoms. The lowest BCUT2D eigenvalue weighted by Gasteiger charge is -2.49. The van der Waals surface area contributed by atoms with Gasteiger partial charge in [0, 0.05) is 36.2 Å². The van der Waals surface area contributed by atoms with E-state index >= 15 is 0 Å². The van der Waals surface area contributed by atoms with Gasteiger partial charge in [0.1, 0.15) is 11.9 Å². The molecule has 3 aliphatic rings. The quantitative estimate of drug-likeness (QED) is 0.640. The smallest absolute Gasteiger partial charge is 0.294 e. The van der Waals surface area contributed by atoms with Crippen LogP contribution in [0.4, 0.5) is 0 Å². The van der Waals surface area contributed by atoms with Crippen molar-refractivity contribution >= 4 is 11.3 Å². The van der Waals surface area contributed by atoms with E-state index in [1.165, 1.54) is 24.2 Å². The van der Waals surface area contributed by atoms with Gasteiger partial charge in [-0.25, -0.2) is 0 Å². The molecule has 2 aliphatic heterocycles. The van der Waals surface area contributed by atoms with E-state index in [0.29, 0.717) is 21.8 Å². The number of H-pyrrole nitrogens is 1. The highest BCUT2D eigenvalue weighted by Gasteiger charge is 2.46. The van der Waals surface area contributed by atoms with Gasteiger partial charge in [-0.2, -0.15) is 5.10 Å². The topological polar surface area (TPSA) is 96.0 Å². The summed E-state index contributed by atoms with van der Waals surface area (Å²) in [5.74, 6) is 0.171. The first kappa shape index (κ1) is 16.7. The lowest BCUT2D eigenvalue weighted by Crippen LogP contribution is -2.59. The van der Waals surface area contributed by atoms with Gasteiger partial charge in [-0.05, 0) is 30.5 Å². The number of aromatic hydroxyl groups is 1. The van der Waals surface area contributed by atoms with E-state index in [9.17, 15) is 5.11 Å². The molecule has 2 saturated heterocycles. The van der Waals surface area contributed by atoms with Crippen molar-refractivity contribution in [2.75, 3.05) is 6.54 Å². The summed E-state index contributed by atoms with van der Waals surface area (Å²) >= 11 is 1.38. The highest BCUT2D eigenvalue weighted by atomic mass is 32.1. The largest absolute Gasteiger partial charge is 0.507 e. The average Bonchev–Trinajstić information content (AvgIpc) is 3.35. The molecule has 2 bridgehead atoms. The van der Waals surface area contributed by atoms with Crippen LogP contribution in [0.5, 0.6) is 10.9 Å². The molecule has 3 aromatic rings. The molecular formula is C19H21N5O2S. The number of hydrogen-bond donors (Lipinski definition) is 3. The third-order valence-corrected chi connectivity index (χ3v) is 6.69. The molecular weight excluding hydrogens is 362 g/mol. The number of phenolic OH excluding ortho intramolecular Hbond substituents is 1. The number of hydrogen-bond acceptors (Lipinski definition) is 7. The van der Waals surface area contributed by atoms with Crippen LogP contribution in [0, 0.1) is 5.41 Å². The third-order valence-electron chi connectivity index (χ3n) is 5.84. The maximum Gasteiger partial charge on any atom is 0.294 e. The first-order valence-electron chi connectivity index (χ1n) is 9.17. The van der Waals surface area contributed by atoms with Gasteiger partial charge in [-0.3, -0.25) is 5.10 Å². The second-order valence-corrected chi connectivity index (χ2v) is 8.64. The zero-order chi connectivity index (χ0) is 18.4. The third kappa shape index (κ3) is 2.98. The van der Waals surface area contributed by atoms with E-state index in [2.05, 4.69) is 32.6 Å². The first-order valence-corrected chi connectivity index (χ1v) is 9.98. The fourth-order valence-corrected chi connectivity index (χ4v) is 4.85. The number of benzene rings is 1. The summed E-state index contributed by atoms with van der Waals surface area (Å²) in [4.78, 5) is 0. The van der Waals surface area contributed by atoms with Crippen molar-refractivity contribution in [3.8, 4) is 32.6 Å². The van der Waals surface area contributed by atoms with Crippen LogP contribution in [0.3, 0.4) is 0 Å². The highest BCUT2D eigenvalue weighted by Crippen LogP contribution is 2.43. The van der Waals surface area contributed by atoms with Crippen molar-refractivity contribution in [1.29, 1.82) is 0 Å². The lowest BCUT2D eigenvalue weighted by molar-refractivity contribution is -0.0272. The number of piperidine rings is 2. The van der Waals surface area contributed by atoms with E-state index < -0.39 is 0 Å². The SMILES string of the molecule is C[C@@]12CCC(C[C@H]1Oc1nnc(-c3ccc(-c4cn[nH]c4)cc3O)s1)NC2. The molecule has 3 fully saturated rings. The summed E-state index contributed by atoms with van der Waals surface area (Å²) < 4.78 is 6.23. The van der Waals surface area contributed by atoms with E-state index in [0.717, 1.165) is 24.1 Å². The molecule has 1 aliphatic carbocycles. The number of aromatic amines is 1. The Labute approximate surface area is 160 Å². The molecule has 27 heavy (non-hydrogen) atoms.